The zero-order valence-electron chi connectivity index (χ0n) is 16.5. The fourth-order valence-electron chi connectivity index (χ4n) is 3.74. The third-order valence-electron chi connectivity index (χ3n) is 4.95. The molecule has 0 N–H and O–H groups in total. The van der Waals surface area contributed by atoms with E-state index in [4.69, 9.17) is 4.98 Å². The molecule has 0 aliphatic rings. The molecule has 0 spiro atoms. The van der Waals surface area contributed by atoms with Crippen LogP contribution in [-0.4, -0.2) is 19.4 Å². The first-order chi connectivity index (χ1) is 13.7. The van der Waals surface area contributed by atoms with Gasteiger partial charge in [0, 0.05) is 31.5 Å². The molecule has 28 heavy (non-hydrogen) atoms. The molecule has 0 aliphatic carbocycles. The van der Waals surface area contributed by atoms with Gasteiger partial charge in [0.15, 0.2) is 0 Å². The van der Waals surface area contributed by atoms with E-state index in [1.807, 2.05) is 12.4 Å². The summed E-state index contributed by atoms with van der Waals surface area (Å²) >= 11 is 0. The molecule has 4 heteroatoms. The Morgan fingerprint density at radius 3 is 2.14 bits per heavy atom. The summed E-state index contributed by atoms with van der Waals surface area (Å²) in [7, 11) is 0. The van der Waals surface area contributed by atoms with Crippen molar-refractivity contribution in [2.45, 2.75) is 39.5 Å². The van der Waals surface area contributed by atoms with Crippen LogP contribution in [0.15, 0.2) is 79.1 Å². The first kappa shape index (κ1) is 18.4. The zero-order valence-corrected chi connectivity index (χ0v) is 16.5. The molecule has 0 radical (unpaired) electrons. The summed E-state index contributed by atoms with van der Waals surface area (Å²) in [5, 5.41) is 0. The molecule has 2 aromatic carbocycles. The molecule has 0 fully saturated rings. The molecule has 0 saturated heterocycles. The second-order valence-electron chi connectivity index (χ2n) is 7.47. The third-order valence-corrected chi connectivity index (χ3v) is 4.95. The largest absolute Gasteiger partial charge is 0.324 e. The van der Waals surface area contributed by atoms with Crippen LogP contribution < -0.4 is 0 Å². The van der Waals surface area contributed by atoms with Crippen LogP contribution in [0.3, 0.4) is 0 Å². The average Bonchev–Trinajstić information content (AvgIpc) is 3.07. The number of hydrogen-bond donors (Lipinski definition) is 0. The second-order valence-corrected chi connectivity index (χ2v) is 7.47. The van der Waals surface area contributed by atoms with Crippen molar-refractivity contribution in [1.29, 1.82) is 0 Å². The van der Waals surface area contributed by atoms with Gasteiger partial charge in [-0.25, -0.2) is 4.98 Å². The van der Waals surface area contributed by atoms with Crippen LogP contribution >= 0.6 is 0 Å². The maximum Gasteiger partial charge on any atom is 0.124 e. The highest BCUT2D eigenvalue weighted by atomic mass is 15.2. The topological polar surface area (TPSA) is 34.0 Å². The Hall–Kier alpha value is -2.98. The number of imidazole rings is 1. The fraction of sp³-hybridized carbons (Fsp3) is 0.250. The first-order valence-electron chi connectivity index (χ1n) is 9.82. The molecular formula is C24H26N4. The van der Waals surface area contributed by atoms with Gasteiger partial charge in [-0.2, -0.15) is 0 Å². The minimum Gasteiger partial charge on any atom is -0.324 e. The molecule has 0 amide bonds. The Morgan fingerprint density at radius 2 is 1.43 bits per heavy atom. The molecule has 4 nitrogen and oxygen atoms in total. The van der Waals surface area contributed by atoms with Crippen LogP contribution in [0.1, 0.15) is 36.8 Å². The normalized spacial score (nSPS) is 11.6. The van der Waals surface area contributed by atoms with Crippen molar-refractivity contribution in [3.63, 3.8) is 0 Å². The lowest BCUT2D eigenvalue weighted by Crippen LogP contribution is -2.25. The lowest BCUT2D eigenvalue weighted by molar-refractivity contribution is 0.236. The number of pyridine rings is 1. The lowest BCUT2D eigenvalue weighted by atomic mass is 10.2. The van der Waals surface area contributed by atoms with Crippen molar-refractivity contribution >= 4 is 11.0 Å². The van der Waals surface area contributed by atoms with Crippen LogP contribution in [0.5, 0.6) is 0 Å². The first-order valence-corrected chi connectivity index (χ1v) is 9.82. The number of nitrogens with zero attached hydrogens (tertiary/aromatic N) is 4. The Morgan fingerprint density at radius 1 is 0.786 bits per heavy atom. The van der Waals surface area contributed by atoms with Crippen molar-refractivity contribution in [3.8, 4) is 0 Å². The molecule has 2 aromatic heterocycles. The molecular weight excluding hydrogens is 344 g/mol. The van der Waals surface area contributed by atoms with Gasteiger partial charge in [0.25, 0.3) is 0 Å². The van der Waals surface area contributed by atoms with Gasteiger partial charge < -0.3 is 4.57 Å². The number of hydrogen-bond acceptors (Lipinski definition) is 3. The van der Waals surface area contributed by atoms with E-state index in [1.165, 1.54) is 16.6 Å². The number of aromatic nitrogens is 3. The van der Waals surface area contributed by atoms with Gasteiger partial charge in [0.2, 0.25) is 0 Å². The van der Waals surface area contributed by atoms with Crippen LogP contribution in [0, 0.1) is 0 Å². The number of para-hydroxylation sites is 2. The van der Waals surface area contributed by atoms with Crippen molar-refractivity contribution in [3.05, 3.63) is 96.1 Å². The maximum atomic E-state index is 4.97. The van der Waals surface area contributed by atoms with Gasteiger partial charge in [-0.3, -0.25) is 9.88 Å². The Labute approximate surface area is 166 Å². The second kappa shape index (κ2) is 8.36. The van der Waals surface area contributed by atoms with E-state index < -0.39 is 0 Å². The summed E-state index contributed by atoms with van der Waals surface area (Å²) in [6, 6.07) is 23.6. The van der Waals surface area contributed by atoms with E-state index in [0.29, 0.717) is 6.04 Å². The predicted octanol–water partition coefficient (Wildman–Crippen LogP) is 5.21. The zero-order chi connectivity index (χ0) is 19.3. The number of benzene rings is 2. The van der Waals surface area contributed by atoms with Gasteiger partial charge >= 0.3 is 0 Å². The van der Waals surface area contributed by atoms with Gasteiger partial charge in [0.05, 0.1) is 17.6 Å². The maximum absolute atomic E-state index is 4.97. The monoisotopic (exact) mass is 370 g/mol. The van der Waals surface area contributed by atoms with Crippen LogP contribution in [0.25, 0.3) is 11.0 Å². The fourth-order valence-corrected chi connectivity index (χ4v) is 3.74. The van der Waals surface area contributed by atoms with E-state index in [2.05, 4.69) is 95.0 Å². The summed E-state index contributed by atoms with van der Waals surface area (Å²) in [5.41, 5.74) is 4.84. The highest BCUT2D eigenvalue weighted by molar-refractivity contribution is 5.76. The summed E-state index contributed by atoms with van der Waals surface area (Å²) in [6.45, 7) is 6.98. The predicted molar refractivity (Wildman–Crippen MR) is 114 cm³/mol. The molecule has 4 aromatic rings. The highest BCUT2D eigenvalue weighted by Crippen LogP contribution is 2.23. The van der Waals surface area contributed by atoms with Crippen molar-refractivity contribution in [2.75, 3.05) is 0 Å². The highest BCUT2D eigenvalue weighted by Gasteiger charge is 2.17. The summed E-state index contributed by atoms with van der Waals surface area (Å²) in [4.78, 5) is 11.6. The van der Waals surface area contributed by atoms with E-state index in [0.717, 1.165) is 31.0 Å². The SMILES string of the molecule is CC(C)n1c(CN(Cc2ccccc2)Cc2ccncc2)nc2ccccc21. The van der Waals surface area contributed by atoms with Crippen LogP contribution in [-0.2, 0) is 19.6 Å². The van der Waals surface area contributed by atoms with Gasteiger partial charge in [-0.15, -0.1) is 0 Å². The van der Waals surface area contributed by atoms with Crippen LogP contribution in [0.4, 0.5) is 0 Å². The van der Waals surface area contributed by atoms with Crippen LogP contribution in [0.2, 0.25) is 0 Å². The summed E-state index contributed by atoms with van der Waals surface area (Å²) < 4.78 is 2.36. The van der Waals surface area contributed by atoms with E-state index in [1.54, 1.807) is 0 Å². The molecule has 0 bridgehead atoms. The average molecular weight is 371 g/mol. The van der Waals surface area contributed by atoms with Gasteiger partial charge in [-0.1, -0.05) is 42.5 Å². The van der Waals surface area contributed by atoms with Crippen molar-refractivity contribution in [1.82, 2.24) is 19.4 Å². The van der Waals surface area contributed by atoms with Crippen molar-refractivity contribution < 1.29 is 0 Å². The number of rotatable bonds is 7. The molecule has 2 heterocycles. The Kier molecular flexibility index (Phi) is 5.49. The van der Waals surface area contributed by atoms with Gasteiger partial charge in [-0.05, 0) is 49.2 Å². The molecule has 0 unspecified atom stereocenters. The molecule has 0 saturated carbocycles. The number of fused-ring (bicyclic) bond motifs is 1. The lowest BCUT2D eigenvalue weighted by Gasteiger charge is -2.24. The summed E-state index contributed by atoms with van der Waals surface area (Å²) in [6.07, 6.45) is 3.72. The quantitative estimate of drug-likeness (QED) is 0.447. The molecule has 0 aliphatic heterocycles. The van der Waals surface area contributed by atoms with Gasteiger partial charge in [0.1, 0.15) is 5.82 Å². The van der Waals surface area contributed by atoms with Crippen molar-refractivity contribution in [2.24, 2.45) is 0 Å². The molecule has 4 rings (SSSR count). The Bertz CT molecular complexity index is 981. The van der Waals surface area contributed by atoms with E-state index >= 15 is 0 Å². The minimum absolute atomic E-state index is 0.363. The molecule has 142 valence electrons. The standard InChI is InChI=1S/C24H26N4/c1-19(2)28-23-11-7-6-10-22(23)26-24(28)18-27(16-20-8-4-3-5-9-20)17-21-12-14-25-15-13-21/h3-15,19H,16-18H2,1-2H3. The van der Waals surface area contributed by atoms with E-state index in [9.17, 15) is 0 Å². The van der Waals surface area contributed by atoms with E-state index in [-0.39, 0.29) is 0 Å². The minimum atomic E-state index is 0.363. The Balaban J connectivity index is 1.67. The summed E-state index contributed by atoms with van der Waals surface area (Å²) in [5.74, 6) is 1.11. The molecule has 0 atom stereocenters. The third kappa shape index (κ3) is 4.12. The smallest absolute Gasteiger partial charge is 0.124 e.